The molecule has 70 valence electrons. The van der Waals surface area contributed by atoms with E-state index in [0.717, 1.165) is 0 Å². The normalized spacial score (nSPS) is 11.5. The van der Waals surface area contributed by atoms with Crippen LogP contribution in [0.3, 0.4) is 0 Å². The first-order valence-corrected chi connectivity index (χ1v) is 4.23. The highest BCUT2D eigenvalue weighted by Crippen LogP contribution is 2.21. The number of hydrogen-bond donors (Lipinski definition) is 2. The van der Waals surface area contributed by atoms with Crippen molar-refractivity contribution in [1.29, 1.82) is 0 Å². The van der Waals surface area contributed by atoms with Gasteiger partial charge in [0.25, 0.3) is 0 Å². The van der Waals surface area contributed by atoms with Crippen LogP contribution in [0.25, 0.3) is 0 Å². The Morgan fingerprint density at radius 3 is 2.85 bits per heavy atom. The molecule has 0 aromatic heterocycles. The third-order valence-corrected chi connectivity index (χ3v) is 1.86. The van der Waals surface area contributed by atoms with Crippen LogP contribution in [0.1, 0.15) is 12.5 Å². The molecule has 0 saturated carbocycles. The van der Waals surface area contributed by atoms with E-state index in [2.05, 4.69) is 10.5 Å². The molecule has 0 amide bonds. The number of nitrogens with zero attached hydrogens (tertiary/aromatic N) is 1. The van der Waals surface area contributed by atoms with Crippen LogP contribution in [0.2, 0.25) is 5.02 Å². The van der Waals surface area contributed by atoms with Crippen molar-refractivity contribution in [1.82, 2.24) is 5.43 Å². The van der Waals surface area contributed by atoms with Crippen LogP contribution in [-0.2, 0) is 0 Å². The maximum absolute atomic E-state index is 9.46. The van der Waals surface area contributed by atoms with Gasteiger partial charge in [-0.3, -0.25) is 0 Å². The summed E-state index contributed by atoms with van der Waals surface area (Å²) in [4.78, 5) is 0. The first-order chi connectivity index (χ1) is 6.15. The third-order valence-electron chi connectivity index (χ3n) is 1.63. The molecule has 1 rings (SSSR count). The van der Waals surface area contributed by atoms with Crippen LogP contribution in [0.15, 0.2) is 23.3 Å². The summed E-state index contributed by atoms with van der Waals surface area (Å²) >= 11 is 5.77. The fourth-order valence-corrected chi connectivity index (χ4v) is 1.20. The van der Waals surface area contributed by atoms with E-state index in [0.29, 0.717) is 16.3 Å². The molecule has 0 aliphatic heterocycles. The molecule has 0 bridgehead atoms. The molecule has 0 heterocycles. The lowest BCUT2D eigenvalue weighted by molar-refractivity contribution is 0.474. The van der Waals surface area contributed by atoms with Gasteiger partial charge in [0.2, 0.25) is 0 Å². The Labute approximate surface area is 82.0 Å². The molecule has 0 radical (unpaired) electrons. The van der Waals surface area contributed by atoms with E-state index in [-0.39, 0.29) is 5.75 Å². The SMILES string of the molecule is CN/N=C(/C)c1cc(Cl)ccc1O. The Kier molecular flexibility index (Phi) is 3.14. The molecule has 1 aromatic rings. The quantitative estimate of drug-likeness (QED) is 0.564. The van der Waals surface area contributed by atoms with Gasteiger partial charge in [0.15, 0.2) is 0 Å². The summed E-state index contributed by atoms with van der Waals surface area (Å²) in [6.07, 6.45) is 0. The van der Waals surface area contributed by atoms with E-state index >= 15 is 0 Å². The van der Waals surface area contributed by atoms with Crippen molar-refractivity contribution in [3.63, 3.8) is 0 Å². The summed E-state index contributed by atoms with van der Waals surface area (Å²) in [5, 5.41) is 14.0. The molecule has 0 aliphatic rings. The van der Waals surface area contributed by atoms with Crippen LogP contribution in [0.4, 0.5) is 0 Å². The average Bonchev–Trinajstić information content (AvgIpc) is 2.09. The monoisotopic (exact) mass is 198 g/mol. The molecule has 1 aromatic carbocycles. The highest BCUT2D eigenvalue weighted by molar-refractivity contribution is 6.31. The Balaban J connectivity index is 3.13. The van der Waals surface area contributed by atoms with E-state index in [1.807, 2.05) is 0 Å². The number of hydrazone groups is 1. The fraction of sp³-hybridized carbons (Fsp3) is 0.222. The zero-order valence-corrected chi connectivity index (χ0v) is 8.26. The van der Waals surface area contributed by atoms with Crippen LogP contribution in [-0.4, -0.2) is 17.9 Å². The van der Waals surface area contributed by atoms with E-state index in [1.54, 1.807) is 32.2 Å². The number of nitrogens with one attached hydrogen (secondary N) is 1. The lowest BCUT2D eigenvalue weighted by Gasteiger charge is -2.03. The second-order valence-corrected chi connectivity index (χ2v) is 3.02. The Morgan fingerprint density at radius 2 is 2.23 bits per heavy atom. The number of phenols is 1. The van der Waals surface area contributed by atoms with Crippen LogP contribution >= 0.6 is 11.6 Å². The van der Waals surface area contributed by atoms with Crippen molar-refractivity contribution in [2.24, 2.45) is 5.10 Å². The lowest BCUT2D eigenvalue weighted by atomic mass is 10.1. The summed E-state index contributed by atoms with van der Waals surface area (Å²) in [7, 11) is 1.70. The summed E-state index contributed by atoms with van der Waals surface area (Å²) in [5.41, 5.74) is 3.98. The predicted octanol–water partition coefficient (Wildman–Crippen LogP) is 1.99. The lowest BCUT2D eigenvalue weighted by Crippen LogP contribution is -2.03. The molecular weight excluding hydrogens is 188 g/mol. The summed E-state index contributed by atoms with van der Waals surface area (Å²) < 4.78 is 0. The van der Waals surface area contributed by atoms with Crippen molar-refractivity contribution in [3.05, 3.63) is 28.8 Å². The number of phenolic OH excluding ortho intramolecular Hbond substituents is 1. The Bertz CT molecular complexity index is 336. The third kappa shape index (κ3) is 2.36. The van der Waals surface area contributed by atoms with Gasteiger partial charge in [0, 0.05) is 17.6 Å². The Hall–Kier alpha value is -1.22. The van der Waals surface area contributed by atoms with Crippen molar-refractivity contribution >= 4 is 17.3 Å². The first-order valence-electron chi connectivity index (χ1n) is 3.85. The van der Waals surface area contributed by atoms with Gasteiger partial charge in [-0.05, 0) is 25.1 Å². The summed E-state index contributed by atoms with van der Waals surface area (Å²) in [6.45, 7) is 1.79. The second kappa shape index (κ2) is 4.14. The minimum Gasteiger partial charge on any atom is -0.507 e. The minimum atomic E-state index is 0.181. The molecule has 0 saturated heterocycles. The number of hydrogen-bond acceptors (Lipinski definition) is 3. The number of halogens is 1. The largest absolute Gasteiger partial charge is 0.507 e. The van der Waals surface area contributed by atoms with Crippen LogP contribution in [0.5, 0.6) is 5.75 Å². The van der Waals surface area contributed by atoms with E-state index in [9.17, 15) is 5.11 Å². The maximum Gasteiger partial charge on any atom is 0.124 e. The van der Waals surface area contributed by atoms with Gasteiger partial charge in [-0.2, -0.15) is 5.10 Å². The van der Waals surface area contributed by atoms with Crippen molar-refractivity contribution in [3.8, 4) is 5.75 Å². The van der Waals surface area contributed by atoms with E-state index in [1.165, 1.54) is 0 Å². The zero-order valence-electron chi connectivity index (χ0n) is 7.50. The molecule has 3 nitrogen and oxygen atoms in total. The van der Waals surface area contributed by atoms with Gasteiger partial charge in [-0.1, -0.05) is 11.6 Å². The van der Waals surface area contributed by atoms with Gasteiger partial charge >= 0.3 is 0 Å². The molecule has 0 spiro atoms. The van der Waals surface area contributed by atoms with Gasteiger partial charge < -0.3 is 10.5 Å². The summed E-state index contributed by atoms with van der Waals surface area (Å²) in [6, 6.07) is 4.85. The molecule has 13 heavy (non-hydrogen) atoms. The van der Waals surface area contributed by atoms with Gasteiger partial charge in [0.1, 0.15) is 5.75 Å². The van der Waals surface area contributed by atoms with Gasteiger partial charge in [-0.15, -0.1) is 0 Å². The molecule has 0 aliphatic carbocycles. The average molecular weight is 199 g/mol. The topological polar surface area (TPSA) is 44.6 Å². The zero-order chi connectivity index (χ0) is 9.84. The second-order valence-electron chi connectivity index (χ2n) is 2.58. The molecule has 0 fully saturated rings. The fourth-order valence-electron chi connectivity index (χ4n) is 1.03. The van der Waals surface area contributed by atoms with Crippen molar-refractivity contribution in [2.45, 2.75) is 6.92 Å². The van der Waals surface area contributed by atoms with Crippen LogP contribution in [0, 0.1) is 0 Å². The smallest absolute Gasteiger partial charge is 0.124 e. The summed E-state index contributed by atoms with van der Waals surface area (Å²) in [5.74, 6) is 0.181. The number of aromatic hydroxyl groups is 1. The number of rotatable bonds is 2. The van der Waals surface area contributed by atoms with Crippen molar-refractivity contribution in [2.75, 3.05) is 7.05 Å². The highest BCUT2D eigenvalue weighted by atomic mass is 35.5. The highest BCUT2D eigenvalue weighted by Gasteiger charge is 2.04. The molecular formula is C9H11ClN2O. The minimum absolute atomic E-state index is 0.181. The van der Waals surface area contributed by atoms with Gasteiger partial charge in [-0.25, -0.2) is 0 Å². The first kappa shape index (κ1) is 9.86. The molecule has 4 heteroatoms. The van der Waals surface area contributed by atoms with E-state index in [4.69, 9.17) is 11.6 Å². The molecule has 2 N–H and O–H groups in total. The predicted molar refractivity (Wildman–Crippen MR) is 54.4 cm³/mol. The number of benzene rings is 1. The van der Waals surface area contributed by atoms with E-state index < -0.39 is 0 Å². The molecule has 0 unspecified atom stereocenters. The maximum atomic E-state index is 9.46. The van der Waals surface area contributed by atoms with Gasteiger partial charge in [0.05, 0.1) is 5.71 Å². The van der Waals surface area contributed by atoms with Crippen LogP contribution < -0.4 is 5.43 Å². The molecule has 0 atom stereocenters. The Morgan fingerprint density at radius 1 is 1.54 bits per heavy atom. The standard InChI is InChI=1S/C9H11ClN2O/c1-6(12-11-2)8-5-7(10)3-4-9(8)13/h3-5,11,13H,1-2H3/b12-6-. The van der Waals surface area contributed by atoms with Crippen molar-refractivity contribution < 1.29 is 5.11 Å².